The third kappa shape index (κ3) is 68.4. The van der Waals surface area contributed by atoms with E-state index >= 15 is 0 Å². The fraction of sp³-hybridized carbons (Fsp3) is 0.946. The Morgan fingerprint density at radius 1 is 0.290 bits per heavy atom. The van der Waals surface area contributed by atoms with Gasteiger partial charge in [-0.3, -0.25) is 37.3 Å². The molecule has 552 valence electrons. The highest BCUT2D eigenvalue weighted by Gasteiger charge is 2.30. The Bertz CT molecular complexity index is 1790. The van der Waals surface area contributed by atoms with Crippen molar-refractivity contribution < 1.29 is 80.2 Å². The molecule has 0 aliphatic carbocycles. The van der Waals surface area contributed by atoms with Crippen LogP contribution in [0.4, 0.5) is 0 Å². The van der Waals surface area contributed by atoms with E-state index in [-0.39, 0.29) is 25.7 Å². The Kier molecular flexibility index (Phi) is 65.9. The van der Waals surface area contributed by atoms with E-state index in [2.05, 4.69) is 34.6 Å². The largest absolute Gasteiger partial charge is 0.472 e. The van der Waals surface area contributed by atoms with Crippen molar-refractivity contribution in [2.75, 3.05) is 39.6 Å². The number of aliphatic hydroxyl groups is 1. The van der Waals surface area contributed by atoms with Gasteiger partial charge in [-0.25, -0.2) is 9.13 Å². The molecule has 0 radical (unpaired) electrons. The van der Waals surface area contributed by atoms with Crippen molar-refractivity contribution in [1.82, 2.24) is 0 Å². The minimum absolute atomic E-state index is 0.108. The van der Waals surface area contributed by atoms with Crippen LogP contribution in [0.2, 0.25) is 0 Å². The summed E-state index contributed by atoms with van der Waals surface area (Å²) in [6.07, 6.45) is 55.5. The number of esters is 4. The van der Waals surface area contributed by atoms with Crippen LogP contribution in [0.15, 0.2) is 0 Å². The second kappa shape index (κ2) is 67.3. The lowest BCUT2D eigenvalue weighted by atomic mass is 10.0. The average Bonchev–Trinajstić information content (AvgIpc) is 2.13. The van der Waals surface area contributed by atoms with Crippen molar-refractivity contribution in [3.05, 3.63) is 0 Å². The van der Waals surface area contributed by atoms with Gasteiger partial charge in [0, 0.05) is 25.7 Å². The van der Waals surface area contributed by atoms with Gasteiger partial charge in [-0.05, 0) is 31.6 Å². The zero-order valence-corrected chi connectivity index (χ0v) is 62.2. The Balaban J connectivity index is 5.19. The molecule has 0 aromatic heterocycles. The first-order chi connectivity index (χ1) is 45.0. The third-order valence-electron chi connectivity index (χ3n) is 17.3. The number of phosphoric ester groups is 2. The molecule has 19 heteroatoms. The molecule has 3 N–H and O–H groups in total. The minimum Gasteiger partial charge on any atom is -0.462 e. The van der Waals surface area contributed by atoms with Crippen LogP contribution < -0.4 is 0 Å². The first-order valence-corrected chi connectivity index (χ1v) is 41.6. The van der Waals surface area contributed by atoms with Crippen LogP contribution in [0.5, 0.6) is 0 Å². The van der Waals surface area contributed by atoms with Crippen LogP contribution in [0.1, 0.15) is 388 Å². The molecular formula is C74H144O17P2. The van der Waals surface area contributed by atoms with Crippen molar-refractivity contribution in [2.45, 2.75) is 406 Å². The molecule has 0 bridgehead atoms. The van der Waals surface area contributed by atoms with Crippen LogP contribution in [0.3, 0.4) is 0 Å². The summed E-state index contributed by atoms with van der Waals surface area (Å²) in [6, 6.07) is 0. The highest BCUT2D eigenvalue weighted by Crippen LogP contribution is 2.45. The second-order valence-corrected chi connectivity index (χ2v) is 30.1. The van der Waals surface area contributed by atoms with Crippen LogP contribution in [-0.4, -0.2) is 96.7 Å². The van der Waals surface area contributed by atoms with Crippen LogP contribution in [0.25, 0.3) is 0 Å². The molecule has 5 atom stereocenters. The summed E-state index contributed by atoms with van der Waals surface area (Å²) in [5, 5.41) is 10.6. The number of rotatable bonds is 74. The number of unbranched alkanes of at least 4 members (excludes halogenated alkanes) is 46. The smallest absolute Gasteiger partial charge is 0.462 e. The summed E-state index contributed by atoms with van der Waals surface area (Å²) in [5.41, 5.74) is 0. The van der Waals surface area contributed by atoms with E-state index in [1.807, 2.05) is 0 Å². The molecule has 0 aliphatic rings. The number of carbonyl (C=O) groups is 4. The monoisotopic (exact) mass is 1370 g/mol. The van der Waals surface area contributed by atoms with Gasteiger partial charge in [0.25, 0.3) is 0 Å². The molecule has 0 saturated heterocycles. The first kappa shape index (κ1) is 91.1. The molecule has 0 aromatic carbocycles. The Morgan fingerprint density at radius 3 is 0.731 bits per heavy atom. The summed E-state index contributed by atoms with van der Waals surface area (Å²) < 4.78 is 68.4. The topological polar surface area (TPSA) is 237 Å². The number of aliphatic hydroxyl groups excluding tert-OH is 1. The number of hydrogen-bond donors (Lipinski definition) is 3. The SMILES string of the molecule is CCCCCCCCCCCCCCCCC(=O)OC[C@H](COP(=O)(O)OC[C@@H](O)COP(=O)(O)OC[C@@H](COC(=O)CCCCCCCCC)OC(=O)CCCCCCCCCCCCCCCC)OC(=O)CCCCCCCCCCCCCCCCCC(C)C. The first-order valence-electron chi connectivity index (χ1n) is 38.6. The quantitative estimate of drug-likeness (QED) is 0.0222. The lowest BCUT2D eigenvalue weighted by Gasteiger charge is -2.21. The van der Waals surface area contributed by atoms with E-state index in [4.69, 9.17) is 37.0 Å². The number of phosphoric acid groups is 2. The average molecular weight is 1370 g/mol. The molecule has 0 aromatic rings. The van der Waals surface area contributed by atoms with E-state index in [0.29, 0.717) is 25.7 Å². The van der Waals surface area contributed by atoms with Gasteiger partial charge in [-0.2, -0.15) is 0 Å². The fourth-order valence-electron chi connectivity index (χ4n) is 11.4. The van der Waals surface area contributed by atoms with Gasteiger partial charge >= 0.3 is 39.5 Å². The van der Waals surface area contributed by atoms with E-state index < -0.39 is 97.5 Å². The lowest BCUT2D eigenvalue weighted by Crippen LogP contribution is -2.30. The highest BCUT2D eigenvalue weighted by atomic mass is 31.2. The molecule has 0 aliphatic heterocycles. The standard InChI is InChI=1S/C74H144O17P2/c1-6-9-12-15-18-20-22-24-30-34-38-43-48-53-58-72(77)85-64-70(91-74(79)60-55-50-45-40-36-32-28-26-27-29-33-37-42-46-51-56-67(4)5)66-89-93(82,83)87-62-68(75)61-86-92(80,81)88-65-69(63-84-71(76)57-52-47-41-17-14-11-8-3)90-73(78)59-54-49-44-39-35-31-25-23-21-19-16-13-10-7-2/h67-70,75H,6-66H2,1-5H3,(H,80,81)(H,82,83)/t68-,69+,70+/m0/s1. The van der Waals surface area contributed by atoms with Gasteiger partial charge in [0.2, 0.25) is 0 Å². The fourth-order valence-corrected chi connectivity index (χ4v) is 12.9. The Morgan fingerprint density at radius 2 is 0.495 bits per heavy atom. The van der Waals surface area contributed by atoms with Crippen molar-refractivity contribution in [2.24, 2.45) is 5.92 Å². The van der Waals surface area contributed by atoms with Gasteiger partial charge in [-0.1, -0.05) is 336 Å². The molecular weight excluding hydrogens is 1220 g/mol. The predicted octanol–water partition coefficient (Wildman–Crippen LogP) is 21.7. The molecule has 17 nitrogen and oxygen atoms in total. The molecule has 0 spiro atoms. The maximum atomic E-state index is 13.1. The Hall–Kier alpha value is -1.94. The second-order valence-electron chi connectivity index (χ2n) is 27.2. The van der Waals surface area contributed by atoms with Gasteiger partial charge in [-0.15, -0.1) is 0 Å². The maximum Gasteiger partial charge on any atom is 0.472 e. The molecule has 2 unspecified atom stereocenters. The van der Waals surface area contributed by atoms with Crippen LogP contribution in [0, 0.1) is 5.92 Å². The van der Waals surface area contributed by atoms with Crippen LogP contribution in [-0.2, 0) is 65.4 Å². The van der Waals surface area contributed by atoms with Gasteiger partial charge in [0.1, 0.15) is 19.3 Å². The van der Waals surface area contributed by atoms with Gasteiger partial charge in [0.15, 0.2) is 12.2 Å². The lowest BCUT2D eigenvalue weighted by molar-refractivity contribution is -0.161. The number of ether oxygens (including phenoxy) is 4. The van der Waals surface area contributed by atoms with Crippen molar-refractivity contribution >= 4 is 39.5 Å². The molecule has 0 heterocycles. The molecule has 0 fully saturated rings. The summed E-state index contributed by atoms with van der Waals surface area (Å²) >= 11 is 0. The number of hydrogen-bond acceptors (Lipinski definition) is 15. The number of carbonyl (C=O) groups excluding carboxylic acids is 4. The van der Waals surface area contributed by atoms with Gasteiger partial charge < -0.3 is 33.8 Å². The summed E-state index contributed by atoms with van der Waals surface area (Å²) in [6.45, 7) is 7.27. The molecule has 0 saturated carbocycles. The van der Waals surface area contributed by atoms with E-state index in [0.717, 1.165) is 109 Å². The normalized spacial score (nSPS) is 14.0. The molecule has 0 rings (SSSR count). The zero-order chi connectivity index (χ0) is 68.4. The van der Waals surface area contributed by atoms with Crippen molar-refractivity contribution in [3.63, 3.8) is 0 Å². The van der Waals surface area contributed by atoms with E-state index in [9.17, 15) is 43.2 Å². The van der Waals surface area contributed by atoms with Gasteiger partial charge in [0.05, 0.1) is 26.4 Å². The summed E-state index contributed by atoms with van der Waals surface area (Å²) in [4.78, 5) is 72.6. The van der Waals surface area contributed by atoms with Crippen molar-refractivity contribution in [3.8, 4) is 0 Å². The summed E-state index contributed by atoms with van der Waals surface area (Å²) in [7, 11) is -9.90. The molecule has 93 heavy (non-hydrogen) atoms. The van der Waals surface area contributed by atoms with E-state index in [1.165, 1.54) is 199 Å². The van der Waals surface area contributed by atoms with E-state index in [1.54, 1.807) is 0 Å². The molecule has 0 amide bonds. The van der Waals surface area contributed by atoms with Crippen LogP contribution >= 0.6 is 15.6 Å². The third-order valence-corrected chi connectivity index (χ3v) is 19.2. The highest BCUT2D eigenvalue weighted by molar-refractivity contribution is 7.47. The minimum atomic E-state index is -4.95. The zero-order valence-electron chi connectivity index (χ0n) is 60.4. The summed E-state index contributed by atoms with van der Waals surface area (Å²) in [5.74, 6) is -1.32. The maximum absolute atomic E-state index is 13.1. The predicted molar refractivity (Wildman–Crippen MR) is 377 cm³/mol. The van der Waals surface area contributed by atoms with Crippen molar-refractivity contribution in [1.29, 1.82) is 0 Å². The Labute approximate surface area is 568 Å².